The minimum absolute atomic E-state index is 0.0166. The number of amides is 1. The van der Waals surface area contributed by atoms with Crippen LogP contribution in [0.15, 0.2) is 0 Å². The van der Waals surface area contributed by atoms with Crippen molar-refractivity contribution in [1.29, 1.82) is 0 Å². The van der Waals surface area contributed by atoms with Gasteiger partial charge < -0.3 is 10.1 Å². The van der Waals surface area contributed by atoms with Gasteiger partial charge in [-0.1, -0.05) is 35.2 Å². The van der Waals surface area contributed by atoms with E-state index in [1.807, 2.05) is 0 Å². The third-order valence-corrected chi connectivity index (χ3v) is 5.51. The summed E-state index contributed by atoms with van der Waals surface area (Å²) in [4.78, 5) is 12.1. The quantitative estimate of drug-likeness (QED) is 0.782. The topological polar surface area (TPSA) is 38.3 Å². The van der Waals surface area contributed by atoms with E-state index in [1.54, 1.807) is 0 Å². The number of rotatable bonds is 5. The van der Waals surface area contributed by atoms with Crippen molar-refractivity contribution < 1.29 is 9.53 Å². The van der Waals surface area contributed by atoms with Crippen LogP contribution in [-0.4, -0.2) is 29.5 Å². The minimum atomic E-state index is 0.0166. The largest absolute Gasteiger partial charge is 0.378 e. The van der Waals surface area contributed by atoms with Crippen molar-refractivity contribution in [2.75, 3.05) is 11.9 Å². The van der Waals surface area contributed by atoms with Gasteiger partial charge in [-0.2, -0.15) is 0 Å². The van der Waals surface area contributed by atoms with Gasteiger partial charge in [0.2, 0.25) is 5.91 Å². The molecule has 1 aliphatic carbocycles. The Morgan fingerprint density at radius 2 is 2.00 bits per heavy atom. The van der Waals surface area contributed by atoms with Gasteiger partial charge in [-0.3, -0.25) is 4.79 Å². The molecule has 0 radical (unpaired) electrons. The van der Waals surface area contributed by atoms with Crippen molar-refractivity contribution in [1.82, 2.24) is 5.32 Å². The van der Waals surface area contributed by atoms with Crippen molar-refractivity contribution in [2.24, 2.45) is 0 Å². The maximum Gasteiger partial charge on any atom is 0.220 e. The van der Waals surface area contributed by atoms with Gasteiger partial charge in [-0.05, 0) is 38.5 Å². The van der Waals surface area contributed by atoms with E-state index in [4.69, 9.17) is 4.74 Å². The van der Waals surface area contributed by atoms with Gasteiger partial charge in [0.1, 0.15) is 0 Å². The second-order valence-corrected chi connectivity index (χ2v) is 6.61. The van der Waals surface area contributed by atoms with Crippen LogP contribution in [0.2, 0.25) is 0 Å². The molecule has 3 nitrogen and oxygen atoms in total. The van der Waals surface area contributed by atoms with Crippen LogP contribution in [0.5, 0.6) is 0 Å². The number of carbonyl (C=O) groups excluding carboxylic acids is 1. The van der Waals surface area contributed by atoms with Crippen molar-refractivity contribution in [3.05, 3.63) is 0 Å². The average Bonchev–Trinajstić information content (AvgIpc) is 2.47. The normalized spacial score (nSPS) is 26.9. The molecular weight excluding hydrogens is 306 g/mol. The van der Waals surface area contributed by atoms with Gasteiger partial charge >= 0.3 is 0 Å². The maximum atomic E-state index is 12.1. The zero-order valence-corrected chi connectivity index (χ0v) is 13.3. The van der Waals surface area contributed by atoms with Crippen LogP contribution >= 0.6 is 15.9 Å². The monoisotopic (exact) mass is 331 g/mol. The highest BCUT2D eigenvalue weighted by Crippen LogP contribution is 2.30. The first-order chi connectivity index (χ1) is 9.24. The van der Waals surface area contributed by atoms with Gasteiger partial charge in [0, 0.05) is 23.9 Å². The van der Waals surface area contributed by atoms with E-state index in [1.165, 1.54) is 32.1 Å². The molecule has 19 heavy (non-hydrogen) atoms. The lowest BCUT2D eigenvalue weighted by Crippen LogP contribution is -2.51. The number of carbonyl (C=O) groups is 1. The molecule has 1 unspecified atom stereocenters. The van der Waals surface area contributed by atoms with Crippen molar-refractivity contribution in [2.45, 2.75) is 75.9 Å². The number of alkyl halides is 1. The van der Waals surface area contributed by atoms with Gasteiger partial charge in [0.25, 0.3) is 0 Å². The molecule has 1 N–H and O–H groups in total. The standard InChI is InChI=1S/C15H26BrNO2/c16-12-15(9-3-1-4-10-15)17-14(18)8-7-13-6-2-5-11-19-13/h13H,1-12H2,(H,17,18). The van der Waals surface area contributed by atoms with Gasteiger partial charge in [0.05, 0.1) is 6.10 Å². The summed E-state index contributed by atoms with van der Waals surface area (Å²) < 4.78 is 5.68. The molecule has 0 aromatic carbocycles. The third kappa shape index (κ3) is 4.75. The summed E-state index contributed by atoms with van der Waals surface area (Å²) in [6.07, 6.45) is 11.3. The fourth-order valence-corrected chi connectivity index (χ4v) is 3.91. The Morgan fingerprint density at radius 1 is 1.21 bits per heavy atom. The molecule has 2 fully saturated rings. The Hall–Kier alpha value is -0.0900. The lowest BCUT2D eigenvalue weighted by atomic mass is 9.83. The number of nitrogens with one attached hydrogen (secondary N) is 1. The fraction of sp³-hybridized carbons (Fsp3) is 0.933. The highest BCUT2D eigenvalue weighted by Gasteiger charge is 2.32. The van der Waals surface area contributed by atoms with E-state index in [9.17, 15) is 4.79 Å². The first kappa shape index (κ1) is 15.3. The molecule has 110 valence electrons. The summed E-state index contributed by atoms with van der Waals surface area (Å²) in [5, 5.41) is 4.16. The molecule has 1 aliphatic heterocycles. The molecule has 1 saturated heterocycles. The molecule has 0 bridgehead atoms. The summed E-state index contributed by atoms with van der Waals surface area (Å²) in [6.45, 7) is 0.873. The number of halogens is 1. The van der Waals surface area contributed by atoms with Crippen LogP contribution in [0, 0.1) is 0 Å². The van der Waals surface area contributed by atoms with Crippen LogP contribution in [0.25, 0.3) is 0 Å². The summed E-state index contributed by atoms with van der Waals surface area (Å²) in [5.74, 6) is 0.204. The Balaban J connectivity index is 1.72. The zero-order chi connectivity index (χ0) is 13.6. The second-order valence-electron chi connectivity index (χ2n) is 6.05. The Labute approximate surface area is 125 Å². The average molecular weight is 332 g/mol. The highest BCUT2D eigenvalue weighted by atomic mass is 79.9. The third-order valence-electron chi connectivity index (χ3n) is 4.44. The Bertz CT molecular complexity index is 284. The lowest BCUT2D eigenvalue weighted by Gasteiger charge is -2.37. The molecule has 2 rings (SSSR count). The van der Waals surface area contributed by atoms with Gasteiger partial charge in [-0.25, -0.2) is 0 Å². The van der Waals surface area contributed by atoms with E-state index in [-0.39, 0.29) is 11.4 Å². The fourth-order valence-electron chi connectivity index (χ4n) is 3.21. The number of ether oxygens (including phenoxy) is 1. The predicted molar refractivity (Wildman–Crippen MR) is 80.6 cm³/mol. The zero-order valence-electron chi connectivity index (χ0n) is 11.8. The predicted octanol–water partition coefficient (Wildman–Crippen LogP) is 3.55. The first-order valence-electron chi connectivity index (χ1n) is 7.73. The molecule has 4 heteroatoms. The minimum Gasteiger partial charge on any atom is -0.378 e. The van der Waals surface area contributed by atoms with Crippen molar-refractivity contribution in [3.63, 3.8) is 0 Å². The van der Waals surface area contributed by atoms with Gasteiger partial charge in [0.15, 0.2) is 0 Å². The molecule has 2 aliphatic rings. The van der Waals surface area contributed by atoms with Crippen molar-refractivity contribution in [3.8, 4) is 0 Å². The molecule has 0 aromatic rings. The summed E-state index contributed by atoms with van der Waals surface area (Å²) in [5.41, 5.74) is 0.0166. The van der Waals surface area contributed by atoms with E-state index >= 15 is 0 Å². The highest BCUT2D eigenvalue weighted by molar-refractivity contribution is 9.09. The summed E-state index contributed by atoms with van der Waals surface area (Å²) in [6, 6.07) is 0. The van der Waals surface area contributed by atoms with E-state index in [0.29, 0.717) is 12.5 Å². The lowest BCUT2D eigenvalue weighted by molar-refractivity contribution is -0.124. The van der Waals surface area contributed by atoms with Crippen LogP contribution in [0.1, 0.15) is 64.2 Å². The molecule has 0 spiro atoms. The van der Waals surface area contributed by atoms with Crippen LogP contribution in [0.3, 0.4) is 0 Å². The first-order valence-corrected chi connectivity index (χ1v) is 8.85. The molecule has 1 saturated carbocycles. The molecule has 1 amide bonds. The number of hydrogen-bond acceptors (Lipinski definition) is 2. The van der Waals surface area contributed by atoms with E-state index in [0.717, 1.165) is 37.6 Å². The Kier molecular flexibility index (Phi) is 6.14. The van der Waals surface area contributed by atoms with Crippen LogP contribution in [0.4, 0.5) is 0 Å². The van der Waals surface area contributed by atoms with Crippen LogP contribution in [-0.2, 0) is 9.53 Å². The summed E-state index contributed by atoms with van der Waals surface area (Å²) >= 11 is 3.58. The second kappa shape index (κ2) is 7.63. The van der Waals surface area contributed by atoms with Gasteiger partial charge in [-0.15, -0.1) is 0 Å². The molecule has 0 aromatic heterocycles. The number of hydrogen-bond donors (Lipinski definition) is 1. The SMILES string of the molecule is O=C(CCC1CCCCO1)NC1(CBr)CCCCC1. The molecular formula is C15H26BrNO2. The Morgan fingerprint density at radius 3 is 2.63 bits per heavy atom. The van der Waals surface area contributed by atoms with E-state index < -0.39 is 0 Å². The maximum absolute atomic E-state index is 12.1. The van der Waals surface area contributed by atoms with Crippen molar-refractivity contribution >= 4 is 21.8 Å². The molecule has 1 heterocycles. The van der Waals surface area contributed by atoms with Crippen LogP contribution < -0.4 is 5.32 Å². The molecule has 1 atom stereocenters. The summed E-state index contributed by atoms with van der Waals surface area (Å²) in [7, 11) is 0. The van der Waals surface area contributed by atoms with E-state index in [2.05, 4.69) is 21.2 Å². The smallest absolute Gasteiger partial charge is 0.220 e.